The number of carbonyl (C=O) groups is 1. The van der Waals surface area contributed by atoms with Gasteiger partial charge >= 0.3 is 5.97 Å². The second-order valence-electron chi connectivity index (χ2n) is 3.78. The van der Waals surface area contributed by atoms with Gasteiger partial charge in [0.1, 0.15) is 0 Å². The van der Waals surface area contributed by atoms with Gasteiger partial charge in [-0.25, -0.2) is 4.79 Å². The molecule has 1 heterocycles. The number of nitrogens with zero attached hydrogens (tertiary/aromatic N) is 4. The summed E-state index contributed by atoms with van der Waals surface area (Å²) in [6.45, 7) is 2.07. The van der Waals surface area contributed by atoms with E-state index in [9.17, 15) is 4.79 Å². The molecule has 2 rings (SSSR count). The Hall–Kier alpha value is -1.76. The fraction of sp³-hybridized carbons (Fsp3) is 0.333. The predicted molar refractivity (Wildman–Crippen MR) is 72.5 cm³/mol. The van der Waals surface area contributed by atoms with Crippen molar-refractivity contribution in [3.63, 3.8) is 0 Å². The van der Waals surface area contributed by atoms with Crippen LogP contribution in [-0.2, 0) is 21.4 Å². The number of aromatic nitrogens is 4. The Labute approximate surface area is 118 Å². The Kier molecular flexibility index (Phi) is 4.62. The van der Waals surface area contributed by atoms with E-state index in [2.05, 4.69) is 31.3 Å². The van der Waals surface area contributed by atoms with Crippen molar-refractivity contribution < 1.29 is 9.53 Å². The zero-order chi connectivity index (χ0) is 13.7. The SMILES string of the molecule is CCOC(=O)Cn1nnc(-c2cccc(CBr)c2)n1. The summed E-state index contributed by atoms with van der Waals surface area (Å²) < 4.78 is 4.82. The van der Waals surface area contributed by atoms with Gasteiger partial charge in [0.2, 0.25) is 5.82 Å². The second kappa shape index (κ2) is 6.42. The summed E-state index contributed by atoms with van der Waals surface area (Å²) in [6, 6.07) is 7.80. The first kappa shape index (κ1) is 13.7. The van der Waals surface area contributed by atoms with E-state index in [1.165, 1.54) is 4.80 Å². The van der Waals surface area contributed by atoms with Crippen LogP contribution >= 0.6 is 15.9 Å². The summed E-state index contributed by atoms with van der Waals surface area (Å²) in [7, 11) is 0. The molecule has 0 N–H and O–H groups in total. The minimum atomic E-state index is -0.374. The molecule has 0 amide bonds. The van der Waals surface area contributed by atoms with Crippen LogP contribution in [0, 0.1) is 0 Å². The maximum Gasteiger partial charge on any atom is 0.329 e. The molecule has 0 saturated heterocycles. The van der Waals surface area contributed by atoms with Crippen LogP contribution in [-0.4, -0.2) is 32.8 Å². The van der Waals surface area contributed by atoms with E-state index in [1.54, 1.807) is 6.92 Å². The highest BCUT2D eigenvalue weighted by Gasteiger charge is 2.09. The van der Waals surface area contributed by atoms with Crippen LogP contribution in [0.15, 0.2) is 24.3 Å². The molecular weight excluding hydrogens is 312 g/mol. The molecule has 0 atom stereocenters. The molecule has 6 nitrogen and oxygen atoms in total. The van der Waals surface area contributed by atoms with Crippen molar-refractivity contribution in [3.8, 4) is 11.4 Å². The summed E-state index contributed by atoms with van der Waals surface area (Å²) >= 11 is 3.40. The summed E-state index contributed by atoms with van der Waals surface area (Å²) in [5.74, 6) is 0.118. The van der Waals surface area contributed by atoms with Gasteiger partial charge < -0.3 is 4.74 Å². The molecule has 0 fully saturated rings. The fourth-order valence-corrected chi connectivity index (χ4v) is 1.89. The summed E-state index contributed by atoms with van der Waals surface area (Å²) in [6.07, 6.45) is 0. The molecule has 0 aliphatic rings. The molecule has 2 aromatic rings. The van der Waals surface area contributed by atoms with Crippen molar-refractivity contribution >= 4 is 21.9 Å². The Morgan fingerprint density at radius 3 is 3.05 bits per heavy atom. The van der Waals surface area contributed by atoms with E-state index < -0.39 is 0 Å². The Balaban J connectivity index is 2.13. The van der Waals surface area contributed by atoms with Gasteiger partial charge in [-0.3, -0.25) is 0 Å². The summed E-state index contributed by atoms with van der Waals surface area (Å²) in [5.41, 5.74) is 1.99. The zero-order valence-electron chi connectivity index (χ0n) is 10.4. The fourth-order valence-electron chi connectivity index (χ4n) is 1.54. The van der Waals surface area contributed by atoms with Gasteiger partial charge in [0.05, 0.1) is 6.61 Å². The number of rotatable bonds is 5. The van der Waals surface area contributed by atoms with Gasteiger partial charge in [-0.05, 0) is 23.8 Å². The molecular formula is C12H13BrN4O2. The van der Waals surface area contributed by atoms with Gasteiger partial charge in [-0.15, -0.1) is 10.2 Å². The van der Waals surface area contributed by atoms with Gasteiger partial charge in [0, 0.05) is 10.9 Å². The lowest BCUT2D eigenvalue weighted by Gasteiger charge is -1.99. The third-order valence-corrected chi connectivity index (χ3v) is 3.02. The first-order chi connectivity index (χ1) is 9.22. The Morgan fingerprint density at radius 2 is 2.32 bits per heavy atom. The predicted octanol–water partition coefficient (Wildman–Crippen LogP) is 1.80. The standard InChI is InChI=1S/C12H13BrN4O2/c1-2-19-11(18)8-17-15-12(14-16-17)10-5-3-4-9(6-10)7-13/h3-6H,2,7-8H2,1H3. The van der Waals surface area contributed by atoms with Gasteiger partial charge in [0.25, 0.3) is 0 Å². The lowest BCUT2D eigenvalue weighted by Crippen LogP contribution is -2.15. The molecule has 19 heavy (non-hydrogen) atoms. The minimum absolute atomic E-state index is 0.0288. The quantitative estimate of drug-likeness (QED) is 0.619. The Morgan fingerprint density at radius 1 is 1.47 bits per heavy atom. The maximum absolute atomic E-state index is 11.3. The van der Waals surface area contributed by atoms with E-state index in [4.69, 9.17) is 4.74 Å². The van der Waals surface area contributed by atoms with E-state index in [0.29, 0.717) is 12.4 Å². The number of esters is 1. The van der Waals surface area contributed by atoms with Crippen LogP contribution in [0.5, 0.6) is 0 Å². The molecule has 0 saturated carbocycles. The molecule has 0 bridgehead atoms. The number of carbonyl (C=O) groups excluding carboxylic acids is 1. The molecule has 0 aliphatic heterocycles. The normalized spacial score (nSPS) is 10.4. The molecule has 0 radical (unpaired) electrons. The van der Waals surface area contributed by atoms with Crippen LogP contribution in [0.3, 0.4) is 0 Å². The lowest BCUT2D eigenvalue weighted by atomic mass is 10.1. The molecule has 1 aromatic carbocycles. The monoisotopic (exact) mass is 324 g/mol. The van der Waals surface area contributed by atoms with Crippen molar-refractivity contribution in [1.29, 1.82) is 0 Å². The average Bonchev–Trinajstić information content (AvgIpc) is 2.87. The number of alkyl halides is 1. The highest BCUT2D eigenvalue weighted by Crippen LogP contribution is 2.16. The molecule has 0 aliphatic carbocycles. The minimum Gasteiger partial charge on any atom is -0.465 e. The number of ether oxygens (including phenoxy) is 1. The highest BCUT2D eigenvalue weighted by molar-refractivity contribution is 9.08. The summed E-state index contributed by atoms with van der Waals surface area (Å²) in [5, 5.41) is 12.7. The maximum atomic E-state index is 11.3. The number of tetrazole rings is 1. The molecule has 0 unspecified atom stereocenters. The van der Waals surface area contributed by atoms with Crippen LogP contribution < -0.4 is 0 Å². The third kappa shape index (κ3) is 3.60. The third-order valence-electron chi connectivity index (χ3n) is 2.37. The average molecular weight is 325 g/mol. The topological polar surface area (TPSA) is 69.9 Å². The molecule has 1 aromatic heterocycles. The van der Waals surface area contributed by atoms with Crippen LogP contribution in [0.4, 0.5) is 0 Å². The number of benzene rings is 1. The highest BCUT2D eigenvalue weighted by atomic mass is 79.9. The number of hydrogen-bond acceptors (Lipinski definition) is 5. The van der Waals surface area contributed by atoms with Crippen molar-refractivity contribution in [2.75, 3.05) is 6.61 Å². The van der Waals surface area contributed by atoms with Crippen molar-refractivity contribution in [1.82, 2.24) is 20.2 Å². The van der Waals surface area contributed by atoms with Gasteiger partial charge in [0.15, 0.2) is 6.54 Å². The molecule has 100 valence electrons. The van der Waals surface area contributed by atoms with Crippen LogP contribution in [0.1, 0.15) is 12.5 Å². The first-order valence-corrected chi connectivity index (χ1v) is 6.93. The van der Waals surface area contributed by atoms with E-state index in [1.807, 2.05) is 24.3 Å². The van der Waals surface area contributed by atoms with Crippen molar-refractivity contribution in [2.24, 2.45) is 0 Å². The van der Waals surface area contributed by atoms with Crippen LogP contribution in [0.2, 0.25) is 0 Å². The zero-order valence-corrected chi connectivity index (χ0v) is 12.0. The lowest BCUT2D eigenvalue weighted by molar-refractivity contribution is -0.144. The van der Waals surface area contributed by atoms with E-state index >= 15 is 0 Å². The van der Waals surface area contributed by atoms with Gasteiger partial charge in [-0.1, -0.05) is 34.1 Å². The van der Waals surface area contributed by atoms with E-state index in [0.717, 1.165) is 16.5 Å². The second-order valence-corrected chi connectivity index (χ2v) is 4.34. The molecule has 0 spiro atoms. The smallest absolute Gasteiger partial charge is 0.329 e. The summed E-state index contributed by atoms with van der Waals surface area (Å²) in [4.78, 5) is 12.5. The first-order valence-electron chi connectivity index (χ1n) is 5.81. The largest absolute Gasteiger partial charge is 0.465 e. The number of hydrogen-bond donors (Lipinski definition) is 0. The van der Waals surface area contributed by atoms with Crippen molar-refractivity contribution in [3.05, 3.63) is 29.8 Å². The van der Waals surface area contributed by atoms with Crippen LogP contribution in [0.25, 0.3) is 11.4 Å². The van der Waals surface area contributed by atoms with Crippen molar-refractivity contribution in [2.45, 2.75) is 18.8 Å². The van der Waals surface area contributed by atoms with Gasteiger partial charge in [-0.2, -0.15) is 4.80 Å². The van der Waals surface area contributed by atoms with E-state index in [-0.39, 0.29) is 12.5 Å². The molecule has 7 heteroatoms. The Bertz CT molecular complexity index is 570. The number of halogens is 1.